The predicted octanol–water partition coefficient (Wildman–Crippen LogP) is 4.04. The Morgan fingerprint density at radius 2 is 1.94 bits per heavy atom. The van der Waals surface area contributed by atoms with Gasteiger partial charge in [-0.3, -0.25) is 0 Å². The number of benzene rings is 1. The van der Waals surface area contributed by atoms with Gasteiger partial charge in [0, 0.05) is 6.07 Å². The molecular weight excluding hydrogens is 224 g/mol. The average molecular weight is 237 g/mol. The monoisotopic (exact) mass is 237 g/mol. The summed E-state index contributed by atoms with van der Waals surface area (Å²) in [5, 5.41) is 2.93. The molecule has 0 aliphatic carbocycles. The molecule has 90 valence electrons. The average Bonchev–Trinajstić information content (AvgIpc) is 2.69. The highest BCUT2D eigenvalue weighted by Crippen LogP contribution is 2.23. The lowest BCUT2D eigenvalue weighted by atomic mass is 10.2. The Kier molecular flexibility index (Phi) is 3.13. The Balaban J connectivity index is 2.15. The van der Waals surface area contributed by atoms with Crippen molar-refractivity contribution in [1.82, 2.24) is 0 Å². The first kappa shape index (κ1) is 11.6. The topological polar surface area (TPSA) is 25.2 Å². The molecule has 1 aromatic carbocycles. The van der Waals surface area contributed by atoms with E-state index < -0.39 is 11.6 Å². The predicted molar refractivity (Wildman–Crippen MR) is 61.8 cm³/mol. The standard InChI is InChI=1S/C13H13F2NO/c1-8-3-6-13(17-8)9(2)16-12-5-4-10(14)7-11(12)15/h3-7,9,16H,1-2H3. The van der Waals surface area contributed by atoms with Crippen molar-refractivity contribution in [2.75, 3.05) is 5.32 Å². The molecule has 0 saturated heterocycles. The molecule has 0 bridgehead atoms. The Morgan fingerprint density at radius 1 is 1.18 bits per heavy atom. The zero-order chi connectivity index (χ0) is 12.4. The maximum atomic E-state index is 13.4. The van der Waals surface area contributed by atoms with E-state index in [2.05, 4.69) is 5.32 Å². The van der Waals surface area contributed by atoms with Gasteiger partial charge in [-0.15, -0.1) is 0 Å². The Morgan fingerprint density at radius 3 is 2.53 bits per heavy atom. The molecule has 17 heavy (non-hydrogen) atoms. The van der Waals surface area contributed by atoms with Crippen LogP contribution < -0.4 is 5.32 Å². The smallest absolute Gasteiger partial charge is 0.149 e. The molecule has 0 aliphatic heterocycles. The van der Waals surface area contributed by atoms with E-state index in [1.165, 1.54) is 12.1 Å². The third kappa shape index (κ3) is 2.64. The Bertz CT molecular complexity index is 522. The summed E-state index contributed by atoms with van der Waals surface area (Å²) in [6.45, 7) is 3.69. The van der Waals surface area contributed by atoms with Crippen LogP contribution >= 0.6 is 0 Å². The number of hydrogen-bond acceptors (Lipinski definition) is 2. The van der Waals surface area contributed by atoms with E-state index in [9.17, 15) is 8.78 Å². The van der Waals surface area contributed by atoms with E-state index in [1.54, 1.807) is 0 Å². The second-order valence-corrected chi connectivity index (χ2v) is 3.94. The van der Waals surface area contributed by atoms with Crippen molar-refractivity contribution in [2.24, 2.45) is 0 Å². The highest BCUT2D eigenvalue weighted by atomic mass is 19.1. The molecule has 0 spiro atoms. The fourth-order valence-corrected chi connectivity index (χ4v) is 1.60. The molecule has 4 heteroatoms. The van der Waals surface area contributed by atoms with Crippen LogP contribution in [0.1, 0.15) is 24.5 Å². The van der Waals surface area contributed by atoms with Gasteiger partial charge in [-0.05, 0) is 38.1 Å². The molecule has 0 amide bonds. The van der Waals surface area contributed by atoms with E-state index in [1.807, 2.05) is 26.0 Å². The second-order valence-electron chi connectivity index (χ2n) is 3.94. The first-order valence-corrected chi connectivity index (χ1v) is 5.34. The summed E-state index contributed by atoms with van der Waals surface area (Å²) in [5.74, 6) is 0.314. The van der Waals surface area contributed by atoms with Crippen LogP contribution in [0.5, 0.6) is 0 Å². The van der Waals surface area contributed by atoms with Gasteiger partial charge in [-0.1, -0.05) is 0 Å². The van der Waals surface area contributed by atoms with Gasteiger partial charge in [0.05, 0.1) is 11.7 Å². The fourth-order valence-electron chi connectivity index (χ4n) is 1.60. The van der Waals surface area contributed by atoms with Gasteiger partial charge < -0.3 is 9.73 Å². The number of aryl methyl sites for hydroxylation is 1. The molecule has 0 saturated carbocycles. The van der Waals surface area contributed by atoms with Crippen molar-refractivity contribution in [1.29, 1.82) is 0 Å². The van der Waals surface area contributed by atoms with Gasteiger partial charge >= 0.3 is 0 Å². The summed E-state index contributed by atoms with van der Waals surface area (Å²) in [6, 6.07) is 6.93. The molecule has 1 aromatic heterocycles. The highest BCUT2D eigenvalue weighted by Gasteiger charge is 2.11. The summed E-state index contributed by atoms with van der Waals surface area (Å²) in [5.41, 5.74) is 0.257. The maximum absolute atomic E-state index is 13.4. The van der Waals surface area contributed by atoms with E-state index in [0.717, 1.165) is 11.8 Å². The lowest BCUT2D eigenvalue weighted by Gasteiger charge is -2.13. The molecule has 1 heterocycles. The van der Waals surface area contributed by atoms with Crippen molar-refractivity contribution in [2.45, 2.75) is 19.9 Å². The highest BCUT2D eigenvalue weighted by molar-refractivity contribution is 5.46. The van der Waals surface area contributed by atoms with Crippen LogP contribution in [-0.2, 0) is 0 Å². The molecule has 0 radical (unpaired) electrons. The minimum atomic E-state index is -0.611. The van der Waals surface area contributed by atoms with Crippen LogP contribution in [0.4, 0.5) is 14.5 Å². The molecule has 2 aromatic rings. The molecule has 2 rings (SSSR count). The van der Waals surface area contributed by atoms with Gasteiger partial charge in [-0.25, -0.2) is 8.78 Å². The number of halogens is 2. The van der Waals surface area contributed by atoms with E-state index in [4.69, 9.17) is 4.42 Å². The van der Waals surface area contributed by atoms with Gasteiger partial charge in [0.25, 0.3) is 0 Å². The van der Waals surface area contributed by atoms with Crippen molar-refractivity contribution >= 4 is 5.69 Å². The number of hydrogen-bond donors (Lipinski definition) is 1. The molecular formula is C13H13F2NO. The minimum Gasteiger partial charge on any atom is -0.464 e. The molecule has 0 aliphatic rings. The lowest BCUT2D eigenvalue weighted by Crippen LogP contribution is -2.07. The largest absolute Gasteiger partial charge is 0.464 e. The number of rotatable bonds is 3. The van der Waals surface area contributed by atoms with E-state index in [-0.39, 0.29) is 11.7 Å². The molecule has 0 fully saturated rings. The lowest BCUT2D eigenvalue weighted by molar-refractivity contribution is 0.466. The summed E-state index contributed by atoms with van der Waals surface area (Å²) < 4.78 is 31.5. The first-order chi connectivity index (χ1) is 8.06. The van der Waals surface area contributed by atoms with E-state index >= 15 is 0 Å². The quantitative estimate of drug-likeness (QED) is 0.871. The van der Waals surface area contributed by atoms with Crippen molar-refractivity contribution in [3.8, 4) is 0 Å². The van der Waals surface area contributed by atoms with E-state index in [0.29, 0.717) is 5.76 Å². The van der Waals surface area contributed by atoms with Crippen molar-refractivity contribution < 1.29 is 13.2 Å². The summed E-state index contributed by atoms with van der Waals surface area (Å²) in [7, 11) is 0. The zero-order valence-electron chi connectivity index (χ0n) is 9.63. The Labute approximate surface area is 98.3 Å². The van der Waals surface area contributed by atoms with Gasteiger partial charge in [0.1, 0.15) is 23.2 Å². The third-order valence-electron chi connectivity index (χ3n) is 2.49. The van der Waals surface area contributed by atoms with Crippen LogP contribution in [0, 0.1) is 18.6 Å². The normalized spacial score (nSPS) is 12.5. The number of anilines is 1. The molecule has 1 atom stereocenters. The molecule has 1 N–H and O–H groups in total. The third-order valence-corrected chi connectivity index (χ3v) is 2.49. The maximum Gasteiger partial charge on any atom is 0.149 e. The molecule has 1 unspecified atom stereocenters. The fraction of sp³-hybridized carbons (Fsp3) is 0.231. The van der Waals surface area contributed by atoms with Crippen LogP contribution in [-0.4, -0.2) is 0 Å². The van der Waals surface area contributed by atoms with Gasteiger partial charge in [0.2, 0.25) is 0 Å². The minimum absolute atomic E-state index is 0.177. The van der Waals surface area contributed by atoms with Gasteiger partial charge in [-0.2, -0.15) is 0 Å². The van der Waals surface area contributed by atoms with Crippen LogP contribution in [0.25, 0.3) is 0 Å². The Hall–Kier alpha value is -1.84. The summed E-state index contributed by atoms with van der Waals surface area (Å²) in [4.78, 5) is 0. The van der Waals surface area contributed by atoms with Crippen molar-refractivity contribution in [3.63, 3.8) is 0 Å². The van der Waals surface area contributed by atoms with Crippen LogP contribution in [0.15, 0.2) is 34.7 Å². The summed E-state index contributed by atoms with van der Waals surface area (Å²) >= 11 is 0. The number of nitrogens with one attached hydrogen (secondary N) is 1. The van der Waals surface area contributed by atoms with Gasteiger partial charge in [0.15, 0.2) is 0 Å². The summed E-state index contributed by atoms with van der Waals surface area (Å²) in [6.07, 6.45) is 0. The first-order valence-electron chi connectivity index (χ1n) is 5.34. The van der Waals surface area contributed by atoms with Crippen LogP contribution in [0.3, 0.4) is 0 Å². The SMILES string of the molecule is Cc1ccc(C(C)Nc2ccc(F)cc2F)o1. The van der Waals surface area contributed by atoms with Crippen LogP contribution in [0.2, 0.25) is 0 Å². The zero-order valence-corrected chi connectivity index (χ0v) is 9.63. The molecule has 2 nitrogen and oxygen atoms in total. The van der Waals surface area contributed by atoms with Crippen molar-refractivity contribution in [3.05, 3.63) is 53.5 Å². The number of furan rings is 1. The second kappa shape index (κ2) is 4.57.